The molecule has 0 aromatic carbocycles. The lowest BCUT2D eigenvalue weighted by Gasteiger charge is -2.05. The average Bonchev–Trinajstić information content (AvgIpc) is 2.31. The lowest BCUT2D eigenvalue weighted by atomic mass is 10.4. The molecular weight excluding hydrogens is 325 g/mol. The molecule has 6 nitrogen and oxygen atoms in total. The SMILES string of the molecule is O=[N+]([O-])c1cnc(Oc2cncc(Br)c2)c(Cl)c1. The van der Waals surface area contributed by atoms with Crippen molar-refractivity contribution in [1.29, 1.82) is 0 Å². The van der Waals surface area contributed by atoms with Gasteiger partial charge in [0, 0.05) is 16.7 Å². The molecule has 18 heavy (non-hydrogen) atoms. The van der Waals surface area contributed by atoms with Crippen molar-refractivity contribution in [2.45, 2.75) is 0 Å². The molecule has 0 bridgehead atoms. The Morgan fingerprint density at radius 3 is 2.72 bits per heavy atom. The number of hydrogen-bond acceptors (Lipinski definition) is 5. The number of rotatable bonds is 3. The van der Waals surface area contributed by atoms with Crippen LogP contribution in [0.1, 0.15) is 0 Å². The van der Waals surface area contributed by atoms with E-state index in [4.69, 9.17) is 16.3 Å². The molecular formula is C10H5BrClN3O3. The first-order chi connectivity index (χ1) is 8.56. The Morgan fingerprint density at radius 2 is 2.11 bits per heavy atom. The molecule has 2 aromatic rings. The number of pyridine rings is 2. The predicted molar refractivity (Wildman–Crippen MR) is 67.9 cm³/mol. The first kappa shape index (κ1) is 12.7. The number of aromatic nitrogens is 2. The fraction of sp³-hybridized carbons (Fsp3) is 0. The van der Waals surface area contributed by atoms with Crippen molar-refractivity contribution in [2.75, 3.05) is 0 Å². The fourth-order valence-corrected chi connectivity index (χ4v) is 1.69. The predicted octanol–water partition coefficient (Wildman–Crippen LogP) is 3.59. The maximum Gasteiger partial charge on any atom is 0.289 e. The average molecular weight is 331 g/mol. The molecule has 0 aliphatic heterocycles. The maximum absolute atomic E-state index is 10.5. The van der Waals surface area contributed by atoms with Gasteiger partial charge in [-0.3, -0.25) is 15.1 Å². The highest BCUT2D eigenvalue weighted by molar-refractivity contribution is 9.10. The molecule has 0 fully saturated rings. The molecule has 0 saturated heterocycles. The van der Waals surface area contributed by atoms with E-state index in [2.05, 4.69) is 25.9 Å². The van der Waals surface area contributed by atoms with Crippen molar-refractivity contribution in [2.24, 2.45) is 0 Å². The molecule has 2 rings (SSSR count). The van der Waals surface area contributed by atoms with Crippen molar-refractivity contribution >= 4 is 33.2 Å². The molecule has 0 amide bonds. The number of ether oxygens (including phenoxy) is 1. The van der Waals surface area contributed by atoms with Crippen LogP contribution < -0.4 is 4.74 Å². The number of halogens is 2. The van der Waals surface area contributed by atoms with Gasteiger partial charge in [-0.1, -0.05) is 11.6 Å². The zero-order valence-corrected chi connectivity index (χ0v) is 11.1. The van der Waals surface area contributed by atoms with Gasteiger partial charge in [0.1, 0.15) is 17.0 Å². The molecule has 92 valence electrons. The van der Waals surface area contributed by atoms with Crippen molar-refractivity contribution in [1.82, 2.24) is 9.97 Å². The van der Waals surface area contributed by atoms with Crippen LogP contribution >= 0.6 is 27.5 Å². The Hall–Kier alpha value is -1.73. The third kappa shape index (κ3) is 2.93. The van der Waals surface area contributed by atoms with Gasteiger partial charge in [0.05, 0.1) is 11.1 Å². The minimum absolute atomic E-state index is 0.0594. The Morgan fingerprint density at radius 1 is 1.33 bits per heavy atom. The van der Waals surface area contributed by atoms with Gasteiger partial charge >= 0.3 is 0 Å². The normalized spacial score (nSPS) is 10.1. The third-order valence-electron chi connectivity index (χ3n) is 1.90. The largest absolute Gasteiger partial charge is 0.436 e. The monoisotopic (exact) mass is 329 g/mol. The van der Waals surface area contributed by atoms with Gasteiger partial charge < -0.3 is 4.74 Å². The zero-order chi connectivity index (χ0) is 13.1. The molecule has 0 aliphatic carbocycles. The van der Waals surface area contributed by atoms with E-state index in [1.54, 1.807) is 12.3 Å². The summed E-state index contributed by atoms with van der Waals surface area (Å²) in [5, 5.41) is 10.6. The quantitative estimate of drug-likeness (QED) is 0.635. The summed E-state index contributed by atoms with van der Waals surface area (Å²) >= 11 is 9.08. The van der Waals surface area contributed by atoms with Crippen molar-refractivity contribution < 1.29 is 9.66 Å². The van der Waals surface area contributed by atoms with E-state index >= 15 is 0 Å². The van der Waals surface area contributed by atoms with Gasteiger partial charge in [0.15, 0.2) is 0 Å². The summed E-state index contributed by atoms with van der Waals surface area (Å²) in [6, 6.07) is 2.85. The minimum Gasteiger partial charge on any atom is -0.436 e. The molecule has 2 heterocycles. The summed E-state index contributed by atoms with van der Waals surface area (Å²) in [7, 11) is 0. The second-order valence-electron chi connectivity index (χ2n) is 3.18. The number of hydrogen-bond donors (Lipinski definition) is 0. The van der Waals surface area contributed by atoms with Crippen LogP contribution in [0.3, 0.4) is 0 Å². The molecule has 0 N–H and O–H groups in total. The zero-order valence-electron chi connectivity index (χ0n) is 8.71. The van der Waals surface area contributed by atoms with Gasteiger partial charge in [0.25, 0.3) is 5.69 Å². The molecule has 0 spiro atoms. The van der Waals surface area contributed by atoms with Gasteiger partial charge in [-0.05, 0) is 22.0 Å². The summed E-state index contributed by atoms with van der Waals surface area (Å²) in [5.41, 5.74) is -0.195. The molecule has 2 aromatic heterocycles. The third-order valence-corrected chi connectivity index (χ3v) is 2.60. The lowest BCUT2D eigenvalue weighted by Crippen LogP contribution is -1.93. The van der Waals surface area contributed by atoms with E-state index in [0.717, 1.165) is 10.7 Å². The van der Waals surface area contributed by atoms with Crippen molar-refractivity contribution in [3.05, 3.63) is 50.3 Å². The van der Waals surface area contributed by atoms with Gasteiger partial charge in [-0.15, -0.1) is 0 Å². The van der Waals surface area contributed by atoms with E-state index in [1.807, 2.05) is 0 Å². The van der Waals surface area contributed by atoms with Gasteiger partial charge in [-0.25, -0.2) is 4.98 Å². The van der Waals surface area contributed by atoms with E-state index in [0.29, 0.717) is 5.75 Å². The summed E-state index contributed by atoms with van der Waals surface area (Å²) in [6.07, 6.45) is 4.15. The summed E-state index contributed by atoms with van der Waals surface area (Å²) in [4.78, 5) is 17.6. The maximum atomic E-state index is 10.5. The highest BCUT2D eigenvalue weighted by atomic mass is 79.9. The van der Waals surface area contributed by atoms with E-state index in [-0.39, 0.29) is 16.6 Å². The summed E-state index contributed by atoms with van der Waals surface area (Å²) in [6.45, 7) is 0. The standard InChI is InChI=1S/C10H5BrClN3O3/c11-6-1-8(5-13-3-6)18-10-9(12)2-7(4-14-10)15(16)17/h1-5H. The van der Waals surface area contributed by atoms with E-state index < -0.39 is 4.92 Å². The Bertz CT molecular complexity index is 609. The van der Waals surface area contributed by atoms with Crippen LogP contribution in [0, 0.1) is 10.1 Å². The van der Waals surface area contributed by atoms with Crippen LogP contribution in [0.25, 0.3) is 0 Å². The van der Waals surface area contributed by atoms with Gasteiger partial charge in [0.2, 0.25) is 5.88 Å². The first-order valence-corrected chi connectivity index (χ1v) is 5.81. The molecule has 0 aliphatic rings. The lowest BCUT2D eigenvalue weighted by molar-refractivity contribution is -0.385. The molecule has 0 atom stereocenters. The van der Waals surface area contributed by atoms with Crippen LogP contribution in [0.15, 0.2) is 35.2 Å². The second kappa shape index (κ2) is 5.28. The van der Waals surface area contributed by atoms with Crippen molar-refractivity contribution in [3.63, 3.8) is 0 Å². The topological polar surface area (TPSA) is 78.2 Å². The highest BCUT2D eigenvalue weighted by Gasteiger charge is 2.12. The summed E-state index contributed by atoms with van der Waals surface area (Å²) in [5.74, 6) is 0.509. The van der Waals surface area contributed by atoms with Crippen LogP contribution in [0.4, 0.5) is 5.69 Å². The molecule has 0 radical (unpaired) electrons. The van der Waals surface area contributed by atoms with Crippen molar-refractivity contribution in [3.8, 4) is 11.6 Å². The van der Waals surface area contributed by atoms with E-state index in [1.165, 1.54) is 12.3 Å². The Kier molecular flexibility index (Phi) is 3.73. The first-order valence-electron chi connectivity index (χ1n) is 4.64. The number of nitrogens with zero attached hydrogens (tertiary/aromatic N) is 3. The van der Waals surface area contributed by atoms with Crippen LogP contribution in [0.5, 0.6) is 11.6 Å². The molecule has 0 unspecified atom stereocenters. The van der Waals surface area contributed by atoms with Gasteiger partial charge in [-0.2, -0.15) is 0 Å². The number of nitro groups is 1. The smallest absolute Gasteiger partial charge is 0.289 e. The Labute approximate surface area is 115 Å². The molecule has 8 heteroatoms. The van der Waals surface area contributed by atoms with Crippen LogP contribution in [0.2, 0.25) is 5.02 Å². The van der Waals surface area contributed by atoms with E-state index in [9.17, 15) is 10.1 Å². The fourth-order valence-electron chi connectivity index (χ4n) is 1.15. The second-order valence-corrected chi connectivity index (χ2v) is 4.50. The molecule has 0 saturated carbocycles. The van der Waals surface area contributed by atoms with Crippen LogP contribution in [-0.2, 0) is 0 Å². The van der Waals surface area contributed by atoms with Crippen LogP contribution in [-0.4, -0.2) is 14.9 Å². The highest BCUT2D eigenvalue weighted by Crippen LogP contribution is 2.30. The summed E-state index contributed by atoms with van der Waals surface area (Å²) < 4.78 is 6.10. The minimum atomic E-state index is -0.580. The Balaban J connectivity index is 2.27.